The zero-order chi connectivity index (χ0) is 24.3. The van der Waals surface area contributed by atoms with E-state index in [1.54, 1.807) is 0 Å². The molecular formula is C31H54N2O. The summed E-state index contributed by atoms with van der Waals surface area (Å²) >= 11 is 0. The number of para-hydroxylation sites is 2. The van der Waals surface area contributed by atoms with Gasteiger partial charge in [0.2, 0.25) is 0 Å². The fourth-order valence-electron chi connectivity index (χ4n) is 5.22. The van der Waals surface area contributed by atoms with Crippen LogP contribution >= 0.6 is 0 Å². The van der Waals surface area contributed by atoms with Gasteiger partial charge in [0.05, 0.1) is 11.0 Å². The summed E-state index contributed by atoms with van der Waals surface area (Å²) in [6.07, 6.45) is 26.6. The average molecular weight is 471 g/mol. The standard InChI is InChI=1S/C31H54N2O/c1-3-5-7-9-11-13-15-17-19-23-27-32-29-25-21-22-26-30(29)33(31(32)34)28-24-20-18-16-14-12-10-8-6-4-2/h21-22,25-26H,3-20,23-24,27-28H2,1-2H3. The largest absolute Gasteiger partial charge is 0.329 e. The second-order valence-electron chi connectivity index (χ2n) is 10.4. The Kier molecular flexibility index (Phi) is 15.9. The van der Waals surface area contributed by atoms with E-state index in [-0.39, 0.29) is 5.69 Å². The lowest BCUT2D eigenvalue weighted by Crippen LogP contribution is -2.24. The SMILES string of the molecule is CCCCCCCCCCCCn1c(=O)n(CCCCCCCCCCCC)c2ccccc21. The van der Waals surface area contributed by atoms with Gasteiger partial charge in [-0.3, -0.25) is 9.13 Å². The van der Waals surface area contributed by atoms with Crippen molar-refractivity contribution in [3.63, 3.8) is 0 Å². The normalized spacial score (nSPS) is 11.6. The van der Waals surface area contributed by atoms with E-state index < -0.39 is 0 Å². The molecule has 0 N–H and O–H groups in total. The summed E-state index contributed by atoms with van der Waals surface area (Å²) in [4.78, 5) is 13.2. The van der Waals surface area contributed by atoms with Gasteiger partial charge < -0.3 is 0 Å². The lowest BCUT2D eigenvalue weighted by atomic mass is 10.1. The number of rotatable bonds is 22. The number of aromatic nitrogens is 2. The van der Waals surface area contributed by atoms with E-state index in [0.29, 0.717) is 0 Å². The Morgan fingerprint density at radius 2 is 0.765 bits per heavy atom. The molecule has 2 rings (SSSR count). The van der Waals surface area contributed by atoms with Crippen LogP contribution in [0.3, 0.4) is 0 Å². The first-order valence-corrected chi connectivity index (χ1v) is 15.0. The predicted molar refractivity (Wildman–Crippen MR) is 150 cm³/mol. The van der Waals surface area contributed by atoms with Crippen molar-refractivity contribution in [2.75, 3.05) is 0 Å². The molecule has 0 aliphatic heterocycles. The van der Waals surface area contributed by atoms with E-state index in [4.69, 9.17) is 0 Å². The fourth-order valence-corrected chi connectivity index (χ4v) is 5.22. The lowest BCUT2D eigenvalue weighted by molar-refractivity contribution is 0.515. The van der Waals surface area contributed by atoms with Crippen LogP contribution in [0.25, 0.3) is 11.0 Å². The molecule has 1 aromatic heterocycles. The second kappa shape index (κ2) is 18.8. The van der Waals surface area contributed by atoms with E-state index in [1.807, 2.05) is 9.13 Å². The molecule has 0 saturated carbocycles. The second-order valence-corrected chi connectivity index (χ2v) is 10.4. The van der Waals surface area contributed by atoms with Crippen LogP contribution in [0.4, 0.5) is 0 Å². The molecule has 0 amide bonds. The molecule has 0 aliphatic carbocycles. The first-order valence-electron chi connectivity index (χ1n) is 15.0. The molecule has 34 heavy (non-hydrogen) atoms. The van der Waals surface area contributed by atoms with Crippen LogP contribution in [0.1, 0.15) is 142 Å². The Bertz CT molecular complexity index is 739. The van der Waals surface area contributed by atoms with Gasteiger partial charge in [0, 0.05) is 13.1 Å². The van der Waals surface area contributed by atoms with Crippen molar-refractivity contribution >= 4 is 11.0 Å². The summed E-state index contributed by atoms with van der Waals surface area (Å²) in [5.41, 5.74) is 2.44. The van der Waals surface area contributed by atoms with E-state index in [9.17, 15) is 4.79 Å². The lowest BCUT2D eigenvalue weighted by Gasteiger charge is -2.05. The molecular weight excluding hydrogens is 416 g/mol. The molecule has 0 radical (unpaired) electrons. The van der Waals surface area contributed by atoms with E-state index in [2.05, 4.69) is 38.1 Å². The molecule has 0 fully saturated rings. The Morgan fingerprint density at radius 1 is 0.471 bits per heavy atom. The Morgan fingerprint density at radius 3 is 1.09 bits per heavy atom. The van der Waals surface area contributed by atoms with Crippen molar-refractivity contribution in [2.45, 2.75) is 155 Å². The molecule has 194 valence electrons. The minimum Gasteiger partial charge on any atom is -0.292 e. The number of hydrogen-bond donors (Lipinski definition) is 0. The zero-order valence-electron chi connectivity index (χ0n) is 22.7. The minimum atomic E-state index is 0.202. The van der Waals surface area contributed by atoms with Crippen molar-refractivity contribution in [2.24, 2.45) is 0 Å². The van der Waals surface area contributed by atoms with Crippen LogP contribution in [-0.2, 0) is 13.1 Å². The predicted octanol–water partition coefficient (Wildman–Crippen LogP) is 9.64. The third kappa shape index (κ3) is 10.8. The maximum absolute atomic E-state index is 13.2. The molecule has 0 aliphatic rings. The van der Waals surface area contributed by atoms with Gasteiger partial charge in [0.25, 0.3) is 0 Å². The van der Waals surface area contributed by atoms with Gasteiger partial charge in [0.15, 0.2) is 0 Å². The number of fused-ring (bicyclic) bond motifs is 1. The number of imidazole rings is 1. The summed E-state index contributed by atoms with van der Waals surface area (Å²) in [5.74, 6) is 0. The number of nitrogens with zero attached hydrogens (tertiary/aromatic N) is 2. The molecule has 3 nitrogen and oxygen atoms in total. The van der Waals surface area contributed by atoms with Gasteiger partial charge in [-0.25, -0.2) is 4.79 Å². The topological polar surface area (TPSA) is 26.9 Å². The van der Waals surface area contributed by atoms with Crippen LogP contribution in [0.15, 0.2) is 29.1 Å². The summed E-state index contributed by atoms with van der Waals surface area (Å²) in [5, 5.41) is 0. The smallest absolute Gasteiger partial charge is 0.292 e. The zero-order valence-corrected chi connectivity index (χ0v) is 22.7. The first-order chi connectivity index (χ1) is 16.8. The van der Waals surface area contributed by atoms with Gasteiger partial charge in [-0.1, -0.05) is 142 Å². The highest BCUT2D eigenvalue weighted by molar-refractivity contribution is 5.75. The van der Waals surface area contributed by atoms with Crippen molar-refractivity contribution in [1.82, 2.24) is 9.13 Å². The number of hydrogen-bond acceptors (Lipinski definition) is 1. The van der Waals surface area contributed by atoms with Gasteiger partial charge in [0.1, 0.15) is 0 Å². The molecule has 0 spiro atoms. The van der Waals surface area contributed by atoms with Crippen molar-refractivity contribution in [1.29, 1.82) is 0 Å². The summed E-state index contributed by atoms with van der Waals surface area (Å²) in [7, 11) is 0. The Hall–Kier alpha value is -1.51. The quantitative estimate of drug-likeness (QED) is 0.157. The van der Waals surface area contributed by atoms with E-state index in [1.165, 1.54) is 116 Å². The van der Waals surface area contributed by atoms with Crippen molar-refractivity contribution in [3.05, 3.63) is 34.7 Å². The van der Waals surface area contributed by atoms with Gasteiger partial charge in [-0.2, -0.15) is 0 Å². The van der Waals surface area contributed by atoms with E-state index in [0.717, 1.165) is 37.0 Å². The summed E-state index contributed by atoms with van der Waals surface area (Å²) in [6, 6.07) is 8.40. The molecule has 0 atom stereocenters. The summed E-state index contributed by atoms with van der Waals surface area (Å²) < 4.78 is 4.08. The molecule has 3 heteroatoms. The molecule has 0 unspecified atom stereocenters. The van der Waals surface area contributed by atoms with Gasteiger partial charge in [-0.05, 0) is 25.0 Å². The monoisotopic (exact) mass is 470 g/mol. The highest BCUT2D eigenvalue weighted by Gasteiger charge is 2.12. The van der Waals surface area contributed by atoms with Crippen molar-refractivity contribution < 1.29 is 0 Å². The van der Waals surface area contributed by atoms with Crippen LogP contribution in [0.2, 0.25) is 0 Å². The van der Waals surface area contributed by atoms with E-state index >= 15 is 0 Å². The highest BCUT2D eigenvalue weighted by atomic mass is 16.1. The van der Waals surface area contributed by atoms with Crippen LogP contribution < -0.4 is 5.69 Å². The molecule has 1 aromatic carbocycles. The van der Waals surface area contributed by atoms with Gasteiger partial charge >= 0.3 is 5.69 Å². The minimum absolute atomic E-state index is 0.202. The summed E-state index contributed by atoms with van der Waals surface area (Å²) in [6.45, 7) is 6.28. The Balaban J connectivity index is 1.68. The van der Waals surface area contributed by atoms with Crippen LogP contribution in [0, 0.1) is 0 Å². The fraction of sp³-hybridized carbons (Fsp3) is 0.774. The maximum Gasteiger partial charge on any atom is 0.329 e. The maximum atomic E-state index is 13.2. The van der Waals surface area contributed by atoms with Crippen LogP contribution in [-0.4, -0.2) is 9.13 Å². The number of benzene rings is 1. The first kappa shape index (κ1) is 28.7. The Labute approximate surface area is 210 Å². The van der Waals surface area contributed by atoms with Gasteiger partial charge in [-0.15, -0.1) is 0 Å². The third-order valence-corrected chi connectivity index (χ3v) is 7.40. The molecule has 0 saturated heterocycles. The highest BCUT2D eigenvalue weighted by Crippen LogP contribution is 2.17. The molecule has 2 aromatic rings. The van der Waals surface area contributed by atoms with Crippen molar-refractivity contribution in [3.8, 4) is 0 Å². The molecule has 1 heterocycles. The van der Waals surface area contributed by atoms with Crippen LogP contribution in [0.5, 0.6) is 0 Å². The average Bonchev–Trinajstić information content (AvgIpc) is 3.12. The molecule has 0 bridgehead atoms. The number of aryl methyl sites for hydroxylation is 2. The number of unbranched alkanes of at least 4 members (excludes halogenated alkanes) is 18. The third-order valence-electron chi connectivity index (χ3n) is 7.40.